The van der Waals surface area contributed by atoms with Crippen LogP contribution in [0, 0.1) is 16.7 Å². The largest absolute Gasteiger partial charge is 0.373 e. The molecule has 2 fully saturated rings. The molecular weight excluding hydrogens is 258 g/mol. The Morgan fingerprint density at radius 3 is 2.33 bits per heavy atom. The fourth-order valence-electron chi connectivity index (χ4n) is 4.54. The van der Waals surface area contributed by atoms with Crippen LogP contribution in [0.5, 0.6) is 0 Å². The van der Waals surface area contributed by atoms with Crippen molar-refractivity contribution in [3.63, 3.8) is 0 Å². The minimum Gasteiger partial charge on any atom is -0.373 e. The summed E-state index contributed by atoms with van der Waals surface area (Å²) in [7, 11) is 1.98. The molecule has 0 amide bonds. The van der Waals surface area contributed by atoms with Gasteiger partial charge in [-0.3, -0.25) is 0 Å². The maximum atomic E-state index is 6.35. The van der Waals surface area contributed by atoms with E-state index >= 15 is 0 Å². The lowest BCUT2D eigenvalue weighted by Crippen LogP contribution is -2.37. The summed E-state index contributed by atoms with van der Waals surface area (Å²) >= 11 is 0. The fourth-order valence-corrected chi connectivity index (χ4v) is 4.54. The lowest BCUT2D eigenvalue weighted by atomic mass is 9.70. The standard InChI is InChI=1S/C19H29NO/c1-18(2)16-9-10-19(18,3)17(11-16)21-13-15-7-5-14(6-8-15)12-20-4/h5-8,16-17,20H,9-13H2,1-4H3. The van der Waals surface area contributed by atoms with Crippen molar-refractivity contribution in [1.82, 2.24) is 5.32 Å². The lowest BCUT2D eigenvalue weighted by Gasteiger charge is -2.38. The Hall–Kier alpha value is -0.860. The zero-order chi connectivity index (χ0) is 15.1. The van der Waals surface area contributed by atoms with Crippen molar-refractivity contribution in [1.29, 1.82) is 0 Å². The number of benzene rings is 1. The van der Waals surface area contributed by atoms with E-state index in [9.17, 15) is 0 Å². The van der Waals surface area contributed by atoms with Gasteiger partial charge in [-0.05, 0) is 54.2 Å². The van der Waals surface area contributed by atoms with Crippen LogP contribution in [0.15, 0.2) is 24.3 Å². The molecule has 0 saturated heterocycles. The van der Waals surface area contributed by atoms with Crippen LogP contribution >= 0.6 is 0 Å². The summed E-state index contributed by atoms with van der Waals surface area (Å²) in [6.45, 7) is 9.02. The van der Waals surface area contributed by atoms with Gasteiger partial charge in [0.05, 0.1) is 12.7 Å². The van der Waals surface area contributed by atoms with Gasteiger partial charge in [0, 0.05) is 6.54 Å². The minimum absolute atomic E-state index is 0.365. The Morgan fingerprint density at radius 2 is 1.81 bits per heavy atom. The van der Waals surface area contributed by atoms with Crippen molar-refractivity contribution in [3.8, 4) is 0 Å². The summed E-state index contributed by atoms with van der Waals surface area (Å²) in [6, 6.07) is 8.80. The summed E-state index contributed by atoms with van der Waals surface area (Å²) in [5, 5.41) is 3.18. The van der Waals surface area contributed by atoms with E-state index in [4.69, 9.17) is 4.74 Å². The summed E-state index contributed by atoms with van der Waals surface area (Å²) < 4.78 is 6.35. The first kappa shape index (κ1) is 15.1. The van der Waals surface area contributed by atoms with Crippen molar-refractivity contribution in [2.24, 2.45) is 16.7 Å². The Labute approximate surface area is 129 Å². The van der Waals surface area contributed by atoms with E-state index in [-0.39, 0.29) is 0 Å². The first-order chi connectivity index (χ1) is 9.97. The highest BCUT2D eigenvalue weighted by Gasteiger charge is 2.61. The van der Waals surface area contributed by atoms with Crippen molar-refractivity contribution in [2.45, 2.75) is 59.3 Å². The quantitative estimate of drug-likeness (QED) is 0.879. The highest BCUT2D eigenvalue weighted by molar-refractivity contribution is 5.22. The monoisotopic (exact) mass is 287 g/mol. The molecule has 2 bridgehead atoms. The van der Waals surface area contributed by atoms with Crippen LogP contribution in [0.1, 0.15) is 51.2 Å². The predicted octanol–water partition coefficient (Wildman–Crippen LogP) is 4.14. The number of nitrogens with one attached hydrogen (secondary N) is 1. The second-order valence-corrected chi connectivity index (χ2v) is 7.76. The second-order valence-electron chi connectivity index (χ2n) is 7.76. The normalized spacial score (nSPS) is 33.5. The maximum Gasteiger partial charge on any atom is 0.0720 e. The first-order valence-corrected chi connectivity index (χ1v) is 8.31. The number of ether oxygens (including phenoxy) is 1. The molecule has 3 atom stereocenters. The van der Waals surface area contributed by atoms with E-state index in [2.05, 4.69) is 50.4 Å². The van der Waals surface area contributed by atoms with Gasteiger partial charge in [0.2, 0.25) is 0 Å². The van der Waals surface area contributed by atoms with Gasteiger partial charge in [0.1, 0.15) is 0 Å². The molecule has 1 aromatic rings. The summed E-state index contributed by atoms with van der Waals surface area (Å²) in [6.07, 6.45) is 4.41. The Bertz CT molecular complexity index is 493. The fraction of sp³-hybridized carbons (Fsp3) is 0.684. The number of fused-ring (bicyclic) bond motifs is 2. The van der Waals surface area contributed by atoms with Crippen LogP contribution in [0.25, 0.3) is 0 Å². The average molecular weight is 287 g/mol. The smallest absolute Gasteiger partial charge is 0.0720 e. The molecule has 0 heterocycles. The van der Waals surface area contributed by atoms with Gasteiger partial charge in [-0.1, -0.05) is 45.0 Å². The van der Waals surface area contributed by atoms with Crippen LogP contribution in [-0.2, 0) is 17.9 Å². The van der Waals surface area contributed by atoms with Gasteiger partial charge < -0.3 is 10.1 Å². The van der Waals surface area contributed by atoms with Gasteiger partial charge >= 0.3 is 0 Å². The molecule has 1 aromatic carbocycles. The molecule has 0 aromatic heterocycles. The Kier molecular flexibility index (Phi) is 3.87. The van der Waals surface area contributed by atoms with Gasteiger partial charge in [0.15, 0.2) is 0 Å². The zero-order valence-electron chi connectivity index (χ0n) is 13.9. The molecule has 2 saturated carbocycles. The van der Waals surface area contributed by atoms with E-state index in [1.807, 2.05) is 7.05 Å². The summed E-state index contributed by atoms with van der Waals surface area (Å²) in [5.41, 5.74) is 3.42. The molecule has 2 aliphatic rings. The lowest BCUT2D eigenvalue weighted by molar-refractivity contribution is -0.0550. The third-order valence-electron chi connectivity index (χ3n) is 6.57. The van der Waals surface area contributed by atoms with Crippen molar-refractivity contribution >= 4 is 0 Å². The highest BCUT2D eigenvalue weighted by Crippen LogP contribution is 2.66. The molecule has 2 nitrogen and oxygen atoms in total. The number of hydrogen-bond donors (Lipinski definition) is 1. The predicted molar refractivity (Wildman–Crippen MR) is 87.0 cm³/mol. The van der Waals surface area contributed by atoms with E-state index in [1.54, 1.807) is 0 Å². The maximum absolute atomic E-state index is 6.35. The van der Waals surface area contributed by atoms with Crippen molar-refractivity contribution in [3.05, 3.63) is 35.4 Å². The minimum atomic E-state index is 0.365. The molecule has 1 N–H and O–H groups in total. The van der Waals surface area contributed by atoms with Crippen LogP contribution in [0.3, 0.4) is 0 Å². The van der Waals surface area contributed by atoms with E-state index in [1.165, 1.54) is 30.4 Å². The van der Waals surface area contributed by atoms with Crippen LogP contribution in [-0.4, -0.2) is 13.2 Å². The highest BCUT2D eigenvalue weighted by atomic mass is 16.5. The zero-order valence-corrected chi connectivity index (χ0v) is 13.9. The van der Waals surface area contributed by atoms with Gasteiger partial charge in [-0.25, -0.2) is 0 Å². The van der Waals surface area contributed by atoms with E-state index in [0.29, 0.717) is 16.9 Å². The van der Waals surface area contributed by atoms with E-state index in [0.717, 1.165) is 19.1 Å². The number of hydrogen-bond acceptors (Lipinski definition) is 2. The number of rotatable bonds is 5. The first-order valence-electron chi connectivity index (χ1n) is 8.31. The van der Waals surface area contributed by atoms with Gasteiger partial charge in [0.25, 0.3) is 0 Å². The summed E-state index contributed by atoms with van der Waals surface area (Å²) in [4.78, 5) is 0. The van der Waals surface area contributed by atoms with Gasteiger partial charge in [-0.2, -0.15) is 0 Å². The molecule has 0 aliphatic heterocycles. The molecule has 3 unspecified atom stereocenters. The Morgan fingerprint density at radius 1 is 1.14 bits per heavy atom. The molecule has 0 radical (unpaired) electrons. The molecule has 21 heavy (non-hydrogen) atoms. The summed E-state index contributed by atoms with van der Waals surface area (Å²) in [5.74, 6) is 0.852. The molecule has 0 spiro atoms. The van der Waals surface area contributed by atoms with Crippen molar-refractivity contribution in [2.75, 3.05) is 7.05 Å². The SMILES string of the molecule is CNCc1ccc(COC2CC3CCC2(C)C3(C)C)cc1. The van der Waals surface area contributed by atoms with Crippen molar-refractivity contribution < 1.29 is 4.74 Å². The van der Waals surface area contributed by atoms with Gasteiger partial charge in [-0.15, -0.1) is 0 Å². The van der Waals surface area contributed by atoms with Crippen LogP contribution in [0.2, 0.25) is 0 Å². The molecule has 2 heteroatoms. The third kappa shape index (κ3) is 2.43. The van der Waals surface area contributed by atoms with Crippen LogP contribution < -0.4 is 5.32 Å². The average Bonchev–Trinajstić information content (AvgIpc) is 2.80. The molecule has 2 aliphatic carbocycles. The van der Waals surface area contributed by atoms with E-state index < -0.39 is 0 Å². The third-order valence-corrected chi connectivity index (χ3v) is 6.57. The molecule has 3 rings (SSSR count). The topological polar surface area (TPSA) is 21.3 Å². The molecular formula is C19H29NO. The second kappa shape index (κ2) is 5.40. The van der Waals surface area contributed by atoms with Crippen LogP contribution in [0.4, 0.5) is 0 Å². The Balaban J connectivity index is 1.61. The molecule has 116 valence electrons.